The molecule has 0 saturated carbocycles. The summed E-state index contributed by atoms with van der Waals surface area (Å²) in [4.78, 5) is 0. The normalized spacial score (nSPS) is 16.8. The van der Waals surface area contributed by atoms with Gasteiger partial charge in [-0.05, 0) is 98.9 Å². The molecule has 0 radical (unpaired) electrons. The van der Waals surface area contributed by atoms with E-state index in [0.717, 1.165) is 0 Å². The molecule has 0 aromatic heterocycles. The molecule has 0 amide bonds. The Kier molecular flexibility index (Phi) is 5.48. The molecule has 0 fully saturated rings. The lowest BCUT2D eigenvalue weighted by molar-refractivity contribution is 1.63. The highest BCUT2D eigenvalue weighted by Crippen LogP contribution is 2.37. The van der Waals surface area contributed by atoms with Crippen LogP contribution in [0.4, 0.5) is 0 Å². The van der Waals surface area contributed by atoms with Crippen LogP contribution < -0.4 is 31.1 Å². The van der Waals surface area contributed by atoms with Crippen molar-refractivity contribution < 1.29 is 0 Å². The molecule has 3 aliphatic rings. The van der Waals surface area contributed by atoms with Gasteiger partial charge in [0.2, 0.25) is 0 Å². The largest absolute Gasteiger partial charge is 0.113 e. The molecular formula is C42H38Si3. The molecule has 3 heterocycles. The van der Waals surface area contributed by atoms with Crippen LogP contribution in [-0.2, 0) is 0 Å². The van der Waals surface area contributed by atoms with E-state index >= 15 is 0 Å². The van der Waals surface area contributed by atoms with Crippen molar-refractivity contribution in [3.05, 3.63) is 121 Å². The highest BCUT2D eigenvalue weighted by molar-refractivity contribution is 7.05. The fourth-order valence-corrected chi connectivity index (χ4v) is 18.2. The lowest BCUT2D eigenvalue weighted by Crippen LogP contribution is -2.49. The Morgan fingerprint density at radius 3 is 1.02 bits per heavy atom. The fraction of sp³-hybridized carbons (Fsp3) is 0.143. The number of rotatable bonds is 2. The summed E-state index contributed by atoms with van der Waals surface area (Å²) in [7, 11) is -5.19. The Morgan fingerprint density at radius 1 is 0.267 bits per heavy atom. The molecule has 0 bridgehead atoms. The van der Waals surface area contributed by atoms with E-state index in [1.165, 1.54) is 55.6 Å². The zero-order valence-corrected chi connectivity index (χ0v) is 30.0. The number of benzene rings is 6. The SMILES string of the molecule is C[Si]1(C)c2ccccc2-c2cc(-c3ccc4c(c3)[Si](C)(C)c3cc(-c5ccc6c(c5)-c5ccccc5[Si]6(C)C)ccc3-4)ccc21. The van der Waals surface area contributed by atoms with Gasteiger partial charge in [-0.2, -0.15) is 0 Å². The molecule has 3 aliphatic heterocycles. The zero-order valence-electron chi connectivity index (χ0n) is 27.0. The van der Waals surface area contributed by atoms with Gasteiger partial charge in [0.15, 0.2) is 0 Å². The van der Waals surface area contributed by atoms with E-state index < -0.39 is 24.2 Å². The van der Waals surface area contributed by atoms with Crippen LogP contribution in [0.1, 0.15) is 0 Å². The van der Waals surface area contributed by atoms with Gasteiger partial charge in [0.1, 0.15) is 24.2 Å². The van der Waals surface area contributed by atoms with Crippen molar-refractivity contribution in [3.8, 4) is 55.6 Å². The summed E-state index contributed by atoms with van der Waals surface area (Å²) in [6.07, 6.45) is 0. The van der Waals surface area contributed by atoms with Gasteiger partial charge >= 0.3 is 0 Å². The minimum absolute atomic E-state index is 1.34. The molecule has 0 N–H and O–H groups in total. The molecule has 0 unspecified atom stereocenters. The molecule has 0 saturated heterocycles. The standard InChI is InChI=1S/C42H38Si3/c1-43(2)37-13-9-7-11-31(37)35-23-27(17-21-39(35)43)29-15-19-33-34-20-16-30(26-42(34)45(5,6)41(33)25-29)28-18-22-40-36(24-28)32-12-8-10-14-38(32)44(40,3)4/h7-26H,1-6H3. The van der Waals surface area contributed by atoms with Crippen molar-refractivity contribution in [2.45, 2.75) is 39.3 Å². The summed E-state index contributed by atoms with van der Waals surface area (Å²) in [6.45, 7) is 15.1. The van der Waals surface area contributed by atoms with Gasteiger partial charge < -0.3 is 0 Å². The molecule has 0 atom stereocenters. The molecule has 0 aliphatic carbocycles. The Hall–Kier alpha value is -4.03. The second-order valence-corrected chi connectivity index (χ2v) is 28.0. The molecule has 3 heteroatoms. The molecule has 45 heavy (non-hydrogen) atoms. The van der Waals surface area contributed by atoms with E-state index in [1.807, 2.05) is 0 Å². The molecule has 9 rings (SSSR count). The fourth-order valence-electron chi connectivity index (χ4n) is 8.90. The van der Waals surface area contributed by atoms with Crippen LogP contribution in [0, 0.1) is 0 Å². The summed E-state index contributed by atoms with van der Waals surface area (Å²) in [5.74, 6) is 0. The van der Waals surface area contributed by atoms with Gasteiger partial charge in [0, 0.05) is 0 Å². The van der Waals surface area contributed by atoms with Crippen molar-refractivity contribution in [1.82, 2.24) is 0 Å². The average molecular weight is 627 g/mol. The van der Waals surface area contributed by atoms with Gasteiger partial charge in [-0.3, -0.25) is 0 Å². The molecule has 0 spiro atoms. The van der Waals surface area contributed by atoms with Gasteiger partial charge in [0.05, 0.1) is 0 Å². The summed E-state index contributed by atoms with van der Waals surface area (Å²) in [6, 6.07) is 47.4. The lowest BCUT2D eigenvalue weighted by Gasteiger charge is -2.21. The Morgan fingerprint density at radius 2 is 0.578 bits per heavy atom. The second-order valence-electron chi connectivity index (χ2n) is 15.0. The zero-order chi connectivity index (χ0) is 30.9. The maximum Gasteiger partial charge on any atom is 0.113 e. The highest BCUT2D eigenvalue weighted by Gasteiger charge is 2.40. The third-order valence-corrected chi connectivity index (χ3v) is 22.2. The topological polar surface area (TPSA) is 0 Å². The first kappa shape index (κ1) is 27.3. The minimum atomic E-state index is -1.90. The third kappa shape index (κ3) is 3.63. The van der Waals surface area contributed by atoms with Crippen LogP contribution in [-0.4, -0.2) is 24.2 Å². The first-order valence-electron chi connectivity index (χ1n) is 16.4. The van der Waals surface area contributed by atoms with Crippen molar-refractivity contribution in [3.63, 3.8) is 0 Å². The van der Waals surface area contributed by atoms with Crippen molar-refractivity contribution in [2.24, 2.45) is 0 Å². The summed E-state index contributed by atoms with van der Waals surface area (Å²) < 4.78 is 0. The predicted molar refractivity (Wildman–Crippen MR) is 204 cm³/mol. The summed E-state index contributed by atoms with van der Waals surface area (Å²) in [5.41, 5.74) is 14.0. The number of hydrogen-bond acceptors (Lipinski definition) is 0. The third-order valence-electron chi connectivity index (χ3n) is 11.5. The van der Waals surface area contributed by atoms with Crippen LogP contribution in [0.25, 0.3) is 55.6 Å². The summed E-state index contributed by atoms with van der Waals surface area (Å²) >= 11 is 0. The van der Waals surface area contributed by atoms with Crippen molar-refractivity contribution >= 4 is 55.3 Å². The maximum atomic E-state index is 2.55. The predicted octanol–water partition coefficient (Wildman–Crippen LogP) is 7.43. The Balaban J connectivity index is 1.11. The van der Waals surface area contributed by atoms with E-state index in [1.54, 1.807) is 31.1 Å². The van der Waals surface area contributed by atoms with Gasteiger partial charge in [-0.15, -0.1) is 0 Å². The quantitative estimate of drug-likeness (QED) is 0.175. The second kappa shape index (κ2) is 9.03. The first-order valence-corrected chi connectivity index (χ1v) is 25.4. The van der Waals surface area contributed by atoms with Crippen molar-refractivity contribution in [1.29, 1.82) is 0 Å². The van der Waals surface area contributed by atoms with Gasteiger partial charge in [-0.1, -0.05) is 148 Å². The van der Waals surface area contributed by atoms with Gasteiger partial charge in [-0.25, -0.2) is 0 Å². The van der Waals surface area contributed by atoms with Crippen LogP contribution in [0.5, 0.6) is 0 Å². The van der Waals surface area contributed by atoms with Crippen molar-refractivity contribution in [2.75, 3.05) is 0 Å². The average Bonchev–Trinajstić information content (AvgIpc) is 3.53. The first-order chi connectivity index (χ1) is 21.6. The number of hydrogen-bond donors (Lipinski definition) is 0. The molecule has 6 aromatic rings. The Bertz CT molecular complexity index is 2090. The van der Waals surface area contributed by atoms with Crippen LogP contribution >= 0.6 is 0 Å². The van der Waals surface area contributed by atoms with E-state index in [4.69, 9.17) is 0 Å². The van der Waals surface area contributed by atoms with Gasteiger partial charge in [0.25, 0.3) is 0 Å². The van der Waals surface area contributed by atoms with Crippen LogP contribution in [0.3, 0.4) is 0 Å². The van der Waals surface area contributed by atoms with E-state index in [9.17, 15) is 0 Å². The van der Waals surface area contributed by atoms with E-state index in [0.29, 0.717) is 0 Å². The maximum absolute atomic E-state index is 2.55. The highest BCUT2D eigenvalue weighted by atomic mass is 28.3. The summed E-state index contributed by atoms with van der Waals surface area (Å²) in [5, 5.41) is 9.43. The van der Waals surface area contributed by atoms with Crippen LogP contribution in [0.2, 0.25) is 39.3 Å². The molecule has 6 aromatic carbocycles. The minimum Gasteiger partial charge on any atom is -0.0623 e. The van der Waals surface area contributed by atoms with Crippen LogP contribution in [0.15, 0.2) is 121 Å². The molecular weight excluding hydrogens is 589 g/mol. The number of fused-ring (bicyclic) bond motifs is 9. The van der Waals surface area contributed by atoms with E-state index in [-0.39, 0.29) is 0 Å². The van der Waals surface area contributed by atoms with E-state index in [2.05, 4.69) is 161 Å². The lowest BCUT2D eigenvalue weighted by atomic mass is 9.95. The Labute approximate surface area is 270 Å². The monoisotopic (exact) mass is 626 g/mol. The molecule has 0 nitrogen and oxygen atoms in total. The smallest absolute Gasteiger partial charge is 0.0623 e. The molecule has 218 valence electrons.